The summed E-state index contributed by atoms with van der Waals surface area (Å²) in [6.07, 6.45) is -4.66. The van der Waals surface area contributed by atoms with E-state index >= 15 is 0 Å². The van der Waals surface area contributed by atoms with Crippen LogP contribution in [0.15, 0.2) is 65.6 Å². The highest BCUT2D eigenvalue weighted by Gasteiger charge is 2.32. The van der Waals surface area contributed by atoms with E-state index in [-0.39, 0.29) is 38.4 Å². The molecule has 1 atom stereocenters. The highest BCUT2D eigenvalue weighted by Crippen LogP contribution is 2.40. The predicted octanol–water partition coefficient (Wildman–Crippen LogP) is 5.39. The molecule has 0 fully saturated rings. The minimum absolute atomic E-state index is 0.0221. The number of para-hydroxylation sites is 1. The van der Waals surface area contributed by atoms with Crippen LogP contribution in [0.5, 0.6) is 17.2 Å². The Hall–Kier alpha value is -2.92. The first kappa shape index (κ1) is 23.7. The number of methoxy groups -OCH3 is 1. The summed E-state index contributed by atoms with van der Waals surface area (Å²) in [7, 11) is 1.32. The Morgan fingerprint density at radius 3 is 2.47 bits per heavy atom. The zero-order chi connectivity index (χ0) is 23.5. The molecule has 11 heteroatoms. The second kappa shape index (κ2) is 9.70. The summed E-state index contributed by atoms with van der Waals surface area (Å²) in [6, 6.07) is 12.9. The molecule has 0 aliphatic rings. The second-order valence-corrected chi connectivity index (χ2v) is 7.83. The molecule has 0 aliphatic heterocycles. The lowest BCUT2D eigenvalue weighted by atomic mass is 10.1. The summed E-state index contributed by atoms with van der Waals surface area (Å²) in [5.41, 5.74) is -0.942. The van der Waals surface area contributed by atoms with E-state index in [1.165, 1.54) is 49.6 Å². The molecule has 0 saturated heterocycles. The molecule has 168 valence electrons. The Bertz CT molecular complexity index is 1140. The zero-order valence-corrected chi connectivity index (χ0v) is 18.0. The summed E-state index contributed by atoms with van der Waals surface area (Å²) < 4.78 is 62.1. The maximum absolute atomic E-state index is 13.3. The molecule has 1 amide bonds. The van der Waals surface area contributed by atoms with Crippen LogP contribution in [-0.4, -0.2) is 17.6 Å². The summed E-state index contributed by atoms with van der Waals surface area (Å²) in [5.74, 6) is -1.00. The molecule has 3 rings (SSSR count). The number of carbonyl (C=O) groups excluding carboxylic acids is 1. The van der Waals surface area contributed by atoms with Gasteiger partial charge in [0.05, 0.1) is 34.6 Å². The third kappa shape index (κ3) is 5.46. The van der Waals surface area contributed by atoms with Crippen LogP contribution in [0.4, 0.5) is 18.9 Å². The molecular weight excluding hydrogens is 469 g/mol. The van der Waals surface area contributed by atoms with Gasteiger partial charge in [-0.3, -0.25) is 4.79 Å². The van der Waals surface area contributed by atoms with Gasteiger partial charge in [-0.05, 0) is 42.5 Å². The molecule has 0 heterocycles. The van der Waals surface area contributed by atoms with Gasteiger partial charge in [-0.25, -0.2) is 0 Å². The molecule has 0 saturated carbocycles. The number of nitrogens with two attached hydrogens (primary N) is 1. The fourth-order valence-corrected chi connectivity index (χ4v) is 3.45. The summed E-state index contributed by atoms with van der Waals surface area (Å²) in [6.45, 7) is 0. The normalized spacial score (nSPS) is 12.2. The van der Waals surface area contributed by atoms with Crippen molar-refractivity contribution in [2.75, 3.05) is 12.4 Å². The molecule has 3 aromatic carbocycles. The molecule has 6 nitrogen and oxygen atoms in total. The smallest absolute Gasteiger partial charge is 0.416 e. The van der Waals surface area contributed by atoms with Gasteiger partial charge in [0.25, 0.3) is 5.91 Å². The van der Waals surface area contributed by atoms with Gasteiger partial charge in [-0.1, -0.05) is 23.7 Å². The van der Waals surface area contributed by atoms with Gasteiger partial charge in [0, 0.05) is 11.8 Å². The van der Waals surface area contributed by atoms with Crippen molar-refractivity contribution in [3.63, 3.8) is 0 Å². The first-order valence-corrected chi connectivity index (χ1v) is 10.5. The van der Waals surface area contributed by atoms with Crippen molar-refractivity contribution in [2.45, 2.75) is 11.1 Å². The van der Waals surface area contributed by atoms with Crippen LogP contribution in [0, 0.1) is 0 Å². The lowest BCUT2D eigenvalue weighted by molar-refractivity contribution is -0.137. The van der Waals surface area contributed by atoms with Gasteiger partial charge in [-0.2, -0.15) is 13.2 Å². The maximum Gasteiger partial charge on any atom is 0.416 e. The average molecular weight is 485 g/mol. The molecule has 0 aromatic heterocycles. The van der Waals surface area contributed by atoms with Crippen molar-refractivity contribution in [3.8, 4) is 17.2 Å². The van der Waals surface area contributed by atoms with Crippen LogP contribution < -0.4 is 19.9 Å². The van der Waals surface area contributed by atoms with Gasteiger partial charge in [0.1, 0.15) is 5.75 Å². The number of amides is 1. The fourth-order valence-electron chi connectivity index (χ4n) is 2.75. The van der Waals surface area contributed by atoms with E-state index in [2.05, 4.69) is 5.32 Å². The molecular formula is C21H16ClF3N2O4S. The molecule has 3 aromatic rings. The number of ether oxygens (including phenoxy) is 2. The molecule has 0 bridgehead atoms. The number of nitrogens with one attached hydrogen (secondary N) is 1. The Kier molecular flexibility index (Phi) is 7.19. The van der Waals surface area contributed by atoms with E-state index in [1.54, 1.807) is 0 Å². The van der Waals surface area contributed by atoms with Crippen LogP contribution in [0.3, 0.4) is 0 Å². The number of benzene rings is 3. The van der Waals surface area contributed by atoms with Crippen molar-refractivity contribution in [1.29, 1.82) is 0 Å². The first-order chi connectivity index (χ1) is 15.1. The fraction of sp³-hybridized carbons (Fsp3) is 0.0952. The average Bonchev–Trinajstić information content (AvgIpc) is 2.73. The Labute approximate surface area is 189 Å². The van der Waals surface area contributed by atoms with E-state index in [4.69, 9.17) is 26.2 Å². The van der Waals surface area contributed by atoms with Gasteiger partial charge in [0.2, 0.25) is 0 Å². The Balaban J connectivity index is 2.01. The standard InChI is InChI=1S/C21H16ClF3N2O4S/c1-30-19-16(22)6-3-7-17(19)31-18-10-12(21(23,24)25)8-9-15(18)20(28)27-13-4-2-5-14(11-13)32(26)29/h2-11H,26H2,1H3,(H,27,28). The van der Waals surface area contributed by atoms with Crippen LogP contribution >= 0.6 is 11.6 Å². The van der Waals surface area contributed by atoms with Crippen LogP contribution in [0.2, 0.25) is 5.02 Å². The Morgan fingerprint density at radius 1 is 1.09 bits per heavy atom. The van der Waals surface area contributed by atoms with Crippen LogP contribution in [-0.2, 0) is 17.5 Å². The van der Waals surface area contributed by atoms with Gasteiger partial charge >= 0.3 is 6.18 Å². The SMILES string of the molecule is COc1c(Cl)cccc1Oc1cc(C(F)(F)F)ccc1C(=O)Nc1cccc([S+](N)[O-])c1. The van der Waals surface area contributed by atoms with E-state index in [0.717, 1.165) is 12.1 Å². The van der Waals surface area contributed by atoms with Gasteiger partial charge in [-0.15, -0.1) is 5.14 Å². The summed E-state index contributed by atoms with van der Waals surface area (Å²) in [4.78, 5) is 13.1. The summed E-state index contributed by atoms with van der Waals surface area (Å²) in [5, 5.41) is 8.05. The maximum atomic E-state index is 13.3. The minimum Gasteiger partial charge on any atom is -0.593 e. The Morgan fingerprint density at radius 2 is 1.81 bits per heavy atom. The monoisotopic (exact) mass is 484 g/mol. The molecule has 0 spiro atoms. The van der Waals surface area contributed by atoms with E-state index in [9.17, 15) is 22.5 Å². The predicted molar refractivity (Wildman–Crippen MR) is 115 cm³/mol. The first-order valence-electron chi connectivity index (χ1n) is 8.89. The van der Waals surface area contributed by atoms with E-state index in [1.807, 2.05) is 0 Å². The molecule has 32 heavy (non-hydrogen) atoms. The second-order valence-electron chi connectivity index (χ2n) is 6.36. The highest BCUT2D eigenvalue weighted by atomic mass is 35.5. The lowest BCUT2D eigenvalue weighted by Gasteiger charge is -2.16. The minimum atomic E-state index is -4.66. The largest absolute Gasteiger partial charge is 0.593 e. The zero-order valence-electron chi connectivity index (χ0n) is 16.4. The number of hydrogen-bond acceptors (Lipinski definition) is 5. The number of carbonyl (C=O) groups is 1. The van der Waals surface area contributed by atoms with Crippen molar-refractivity contribution < 1.29 is 32.0 Å². The lowest BCUT2D eigenvalue weighted by Crippen LogP contribution is -2.16. The van der Waals surface area contributed by atoms with Crippen LogP contribution in [0.1, 0.15) is 15.9 Å². The molecule has 3 N–H and O–H groups in total. The number of halogens is 4. The van der Waals surface area contributed by atoms with Crippen molar-refractivity contribution in [3.05, 3.63) is 76.8 Å². The molecule has 0 aliphatic carbocycles. The van der Waals surface area contributed by atoms with Crippen LogP contribution in [0.25, 0.3) is 0 Å². The summed E-state index contributed by atoms with van der Waals surface area (Å²) >= 11 is 4.27. The van der Waals surface area contributed by atoms with Gasteiger partial charge in [0.15, 0.2) is 16.4 Å². The highest BCUT2D eigenvalue weighted by molar-refractivity contribution is 7.89. The molecule has 1 unspecified atom stereocenters. The molecule has 0 radical (unpaired) electrons. The van der Waals surface area contributed by atoms with E-state index in [0.29, 0.717) is 6.07 Å². The number of hydrogen-bond donors (Lipinski definition) is 2. The van der Waals surface area contributed by atoms with Crippen molar-refractivity contribution in [2.24, 2.45) is 5.14 Å². The van der Waals surface area contributed by atoms with Crippen molar-refractivity contribution in [1.82, 2.24) is 0 Å². The van der Waals surface area contributed by atoms with Crippen molar-refractivity contribution >= 4 is 34.6 Å². The number of alkyl halides is 3. The van der Waals surface area contributed by atoms with Gasteiger partial charge < -0.3 is 19.3 Å². The quantitative estimate of drug-likeness (QED) is 0.457. The number of anilines is 1. The van der Waals surface area contributed by atoms with E-state index < -0.39 is 29.0 Å². The topological polar surface area (TPSA) is 96.6 Å². The third-order valence-corrected chi connectivity index (χ3v) is 5.25. The third-order valence-electron chi connectivity index (χ3n) is 4.23. The number of rotatable bonds is 6.